The highest BCUT2D eigenvalue weighted by Gasteiger charge is 2.46. The van der Waals surface area contributed by atoms with Crippen LogP contribution in [0.25, 0.3) is 0 Å². The molecule has 3 aromatic rings. The Kier molecular flexibility index (Phi) is 7.76. The first-order valence-corrected chi connectivity index (χ1v) is 17.4. The van der Waals surface area contributed by atoms with E-state index in [1.807, 2.05) is 31.7 Å². The fourth-order valence-corrected chi connectivity index (χ4v) is 8.38. The van der Waals surface area contributed by atoms with E-state index in [9.17, 15) is 4.79 Å². The molecular formula is C36H44N4O3S. The van der Waals surface area contributed by atoms with Gasteiger partial charge in [-0.2, -0.15) is 0 Å². The third-order valence-electron chi connectivity index (χ3n) is 9.98. The van der Waals surface area contributed by atoms with E-state index in [1.54, 1.807) is 11.8 Å². The van der Waals surface area contributed by atoms with Crippen LogP contribution in [0, 0.1) is 0 Å². The maximum absolute atomic E-state index is 13.1. The van der Waals surface area contributed by atoms with Gasteiger partial charge in [-0.3, -0.25) is 4.90 Å². The summed E-state index contributed by atoms with van der Waals surface area (Å²) in [5.41, 5.74) is 6.19. The van der Waals surface area contributed by atoms with Crippen LogP contribution in [0.5, 0.6) is 5.75 Å². The zero-order chi connectivity index (χ0) is 30.5. The molecule has 2 aliphatic carbocycles. The number of fused-ring (bicyclic) bond motifs is 5. The summed E-state index contributed by atoms with van der Waals surface area (Å²) in [6, 6.07) is 17.5. The Labute approximate surface area is 265 Å². The van der Waals surface area contributed by atoms with Crippen molar-refractivity contribution in [3.05, 3.63) is 76.5 Å². The summed E-state index contributed by atoms with van der Waals surface area (Å²) in [7, 11) is 0. The molecule has 2 aliphatic heterocycles. The molecule has 2 bridgehead atoms. The minimum absolute atomic E-state index is 0.0719. The molecule has 44 heavy (non-hydrogen) atoms. The largest absolute Gasteiger partial charge is 0.489 e. The second-order valence-electron chi connectivity index (χ2n) is 14.0. The van der Waals surface area contributed by atoms with Crippen molar-refractivity contribution in [3.63, 3.8) is 0 Å². The average molecular weight is 613 g/mol. The number of rotatable bonds is 5. The zero-order valence-corrected chi connectivity index (χ0v) is 27.3. The van der Waals surface area contributed by atoms with E-state index in [2.05, 4.69) is 53.6 Å². The smallest absolute Gasteiger partial charge is 0.410 e. The van der Waals surface area contributed by atoms with Crippen LogP contribution < -0.4 is 9.64 Å². The lowest BCUT2D eigenvalue weighted by Crippen LogP contribution is -2.57. The molecule has 0 saturated carbocycles. The van der Waals surface area contributed by atoms with Crippen LogP contribution in [0.15, 0.2) is 53.7 Å². The molecule has 3 heterocycles. The maximum atomic E-state index is 13.1. The van der Waals surface area contributed by atoms with Crippen molar-refractivity contribution in [1.29, 1.82) is 0 Å². The third kappa shape index (κ3) is 5.66. The Hall–Kier alpha value is -3.26. The topological polar surface area (TPSA) is 67.8 Å². The van der Waals surface area contributed by atoms with Gasteiger partial charge in [0.2, 0.25) is 0 Å². The molecule has 232 valence electrons. The molecule has 1 unspecified atom stereocenters. The molecule has 0 N–H and O–H groups in total. The molecule has 1 spiro atoms. The molecule has 3 atom stereocenters. The quantitative estimate of drug-likeness (QED) is 0.224. The van der Waals surface area contributed by atoms with Crippen molar-refractivity contribution in [3.8, 4) is 5.75 Å². The zero-order valence-electron chi connectivity index (χ0n) is 26.5. The van der Waals surface area contributed by atoms with Crippen LogP contribution in [-0.4, -0.2) is 58.0 Å². The van der Waals surface area contributed by atoms with E-state index >= 15 is 0 Å². The monoisotopic (exact) mass is 612 g/mol. The van der Waals surface area contributed by atoms with Gasteiger partial charge in [-0.1, -0.05) is 48.2 Å². The molecule has 1 aromatic heterocycles. The highest BCUT2D eigenvalue weighted by atomic mass is 32.2. The van der Waals surface area contributed by atoms with E-state index in [-0.39, 0.29) is 23.6 Å². The number of amides is 1. The minimum Gasteiger partial charge on any atom is -0.489 e. The van der Waals surface area contributed by atoms with E-state index < -0.39 is 5.60 Å². The summed E-state index contributed by atoms with van der Waals surface area (Å²) < 4.78 is 12.1. The molecule has 8 heteroatoms. The predicted octanol–water partition coefficient (Wildman–Crippen LogP) is 7.13. The highest BCUT2D eigenvalue weighted by Crippen LogP contribution is 2.49. The van der Waals surface area contributed by atoms with Crippen molar-refractivity contribution in [2.24, 2.45) is 0 Å². The number of hydrogen-bond acceptors (Lipinski definition) is 7. The van der Waals surface area contributed by atoms with Crippen LogP contribution in [0.1, 0.15) is 80.8 Å². The number of nitrogens with zero attached hydrogens (tertiary/aromatic N) is 4. The van der Waals surface area contributed by atoms with Crippen molar-refractivity contribution in [1.82, 2.24) is 14.9 Å². The Morgan fingerprint density at radius 1 is 1.02 bits per heavy atom. The average Bonchev–Trinajstić information content (AvgIpc) is 3.28. The van der Waals surface area contributed by atoms with Crippen LogP contribution in [0.3, 0.4) is 0 Å². The summed E-state index contributed by atoms with van der Waals surface area (Å²) in [4.78, 5) is 27.8. The number of thioether (sulfide) groups is 1. The number of ether oxygens (including phenoxy) is 2. The van der Waals surface area contributed by atoms with Crippen LogP contribution in [-0.2, 0) is 36.0 Å². The number of aryl methyl sites for hydroxylation is 1. The van der Waals surface area contributed by atoms with Gasteiger partial charge < -0.3 is 14.4 Å². The number of aromatic nitrogens is 2. The second kappa shape index (κ2) is 11.6. The number of piperazine rings is 1. The summed E-state index contributed by atoms with van der Waals surface area (Å²) in [5.74, 6) is 2.04. The first-order valence-electron chi connectivity index (χ1n) is 16.2. The van der Waals surface area contributed by atoms with Gasteiger partial charge in [-0.05, 0) is 107 Å². The predicted molar refractivity (Wildman–Crippen MR) is 175 cm³/mol. The molecule has 2 fully saturated rings. The van der Waals surface area contributed by atoms with Crippen molar-refractivity contribution in [2.45, 2.75) is 107 Å². The van der Waals surface area contributed by atoms with Crippen LogP contribution >= 0.6 is 11.8 Å². The lowest BCUT2D eigenvalue weighted by atomic mass is 9.62. The standard InChI is InChI=1S/C36H44N4O3S/c1-35(2,3)43-34(41)40-26-13-14-27(40)22-39(21-26)32-29-16-18-36(20-31(29)37-33(38-32)44-4)17-8-11-25-12-15-28(19-30(25)36)42-23-24-9-6-5-7-10-24/h5-7,9-10,12,15,19,26-27H,8,11,13-14,16-18,20-23H2,1-4H3/t26-,27+,36?. The van der Waals surface area contributed by atoms with Gasteiger partial charge in [0.05, 0.1) is 17.8 Å². The number of anilines is 1. The third-order valence-corrected chi connectivity index (χ3v) is 10.5. The minimum atomic E-state index is -0.491. The first-order chi connectivity index (χ1) is 21.2. The molecule has 2 aromatic carbocycles. The molecule has 2 saturated heterocycles. The van der Waals surface area contributed by atoms with Gasteiger partial charge >= 0.3 is 6.09 Å². The van der Waals surface area contributed by atoms with E-state index in [4.69, 9.17) is 19.4 Å². The summed E-state index contributed by atoms with van der Waals surface area (Å²) in [6.07, 6.45) is 10.4. The number of carbonyl (C=O) groups is 1. The fourth-order valence-electron chi connectivity index (χ4n) is 8.01. The molecule has 4 aliphatic rings. The first kappa shape index (κ1) is 29.5. The number of carbonyl (C=O) groups excluding carboxylic acids is 1. The highest BCUT2D eigenvalue weighted by molar-refractivity contribution is 7.98. The SMILES string of the molecule is CSc1nc2c(c(N3C[C@H]4CC[C@@H](C3)N4C(=O)OC(C)(C)C)n1)CCC1(CCCc3ccc(OCc4ccccc4)cc31)C2. The van der Waals surface area contributed by atoms with Crippen LogP contribution in [0.4, 0.5) is 10.6 Å². The fraction of sp³-hybridized carbons (Fsp3) is 0.528. The lowest BCUT2D eigenvalue weighted by molar-refractivity contribution is 0.0122. The Bertz CT molecular complexity index is 1530. The summed E-state index contributed by atoms with van der Waals surface area (Å²) in [5, 5.41) is 0.841. The Morgan fingerprint density at radius 3 is 2.52 bits per heavy atom. The molecule has 1 amide bonds. The van der Waals surface area contributed by atoms with E-state index in [0.717, 1.165) is 68.3 Å². The summed E-state index contributed by atoms with van der Waals surface area (Å²) in [6.45, 7) is 7.99. The molecule has 7 nitrogen and oxygen atoms in total. The van der Waals surface area contributed by atoms with Gasteiger partial charge in [0.1, 0.15) is 23.8 Å². The van der Waals surface area contributed by atoms with Crippen LogP contribution in [0.2, 0.25) is 0 Å². The second-order valence-corrected chi connectivity index (χ2v) is 14.8. The normalized spacial score (nSPS) is 24.2. The van der Waals surface area contributed by atoms with Gasteiger partial charge in [0.15, 0.2) is 5.16 Å². The van der Waals surface area contributed by atoms with Gasteiger partial charge in [-0.25, -0.2) is 14.8 Å². The van der Waals surface area contributed by atoms with Gasteiger partial charge in [0, 0.05) is 24.1 Å². The van der Waals surface area contributed by atoms with E-state index in [0.29, 0.717) is 6.61 Å². The molecular weight excluding hydrogens is 568 g/mol. The van der Waals surface area contributed by atoms with Crippen molar-refractivity contribution in [2.75, 3.05) is 24.2 Å². The summed E-state index contributed by atoms with van der Waals surface area (Å²) >= 11 is 1.62. The van der Waals surface area contributed by atoms with Gasteiger partial charge in [0.25, 0.3) is 0 Å². The Balaban J connectivity index is 1.15. The number of benzene rings is 2. The maximum Gasteiger partial charge on any atom is 0.410 e. The molecule has 0 radical (unpaired) electrons. The molecule has 7 rings (SSSR count). The number of hydrogen-bond donors (Lipinski definition) is 0. The van der Waals surface area contributed by atoms with Crippen molar-refractivity contribution < 1.29 is 14.3 Å². The van der Waals surface area contributed by atoms with Gasteiger partial charge in [-0.15, -0.1) is 0 Å². The van der Waals surface area contributed by atoms with E-state index in [1.165, 1.54) is 40.8 Å². The van der Waals surface area contributed by atoms with Crippen molar-refractivity contribution >= 4 is 23.7 Å². The lowest BCUT2D eigenvalue weighted by Gasteiger charge is -2.45. The Morgan fingerprint density at radius 2 is 1.80 bits per heavy atom.